The van der Waals surface area contributed by atoms with Crippen molar-refractivity contribution in [3.63, 3.8) is 0 Å². The zero-order valence-corrected chi connectivity index (χ0v) is 15.1. The molecule has 2 aromatic carbocycles. The van der Waals surface area contributed by atoms with Crippen LogP contribution in [0.25, 0.3) is 0 Å². The van der Waals surface area contributed by atoms with Crippen LogP contribution < -0.4 is 4.90 Å². The standard InChI is InChI=1S/C18H14BrNO3S/c19-13-7-5-12(6-8-13)11-23-17(22)18-10-9-16(21)20(18)14-3-1-2-4-15(14)24-18/h1-8H,9-11H2. The Morgan fingerprint density at radius 1 is 1.21 bits per heavy atom. The molecule has 1 atom stereocenters. The lowest BCUT2D eigenvalue weighted by molar-refractivity contribution is -0.148. The van der Waals surface area contributed by atoms with E-state index in [9.17, 15) is 9.59 Å². The van der Waals surface area contributed by atoms with Crippen LogP contribution in [0.1, 0.15) is 18.4 Å². The molecule has 6 heteroatoms. The van der Waals surface area contributed by atoms with E-state index < -0.39 is 4.87 Å². The van der Waals surface area contributed by atoms with Gasteiger partial charge in [0.25, 0.3) is 0 Å². The number of nitrogens with zero attached hydrogens (tertiary/aromatic N) is 1. The summed E-state index contributed by atoms with van der Waals surface area (Å²) in [5.41, 5.74) is 1.73. The second kappa shape index (κ2) is 5.93. The quantitative estimate of drug-likeness (QED) is 0.723. The van der Waals surface area contributed by atoms with Gasteiger partial charge in [-0.2, -0.15) is 0 Å². The number of carbonyl (C=O) groups is 2. The molecule has 1 saturated heterocycles. The number of benzene rings is 2. The highest BCUT2D eigenvalue weighted by molar-refractivity contribution is 9.10. The number of amides is 1. The SMILES string of the molecule is O=C1CCC2(C(=O)OCc3ccc(Br)cc3)Sc3ccccc3N12. The fourth-order valence-corrected chi connectivity index (χ4v) is 4.79. The number of hydrogen-bond acceptors (Lipinski definition) is 4. The van der Waals surface area contributed by atoms with Gasteiger partial charge in [-0.05, 0) is 29.8 Å². The van der Waals surface area contributed by atoms with E-state index in [2.05, 4.69) is 15.9 Å². The van der Waals surface area contributed by atoms with Crippen LogP contribution in [0.15, 0.2) is 57.9 Å². The number of halogens is 1. The van der Waals surface area contributed by atoms with E-state index in [0.717, 1.165) is 20.6 Å². The highest BCUT2D eigenvalue weighted by Gasteiger charge is 2.58. The molecule has 2 heterocycles. The van der Waals surface area contributed by atoms with Crippen molar-refractivity contribution in [2.75, 3.05) is 4.90 Å². The second-order valence-corrected chi connectivity index (χ2v) is 8.02. The lowest BCUT2D eigenvalue weighted by Gasteiger charge is -2.28. The predicted molar refractivity (Wildman–Crippen MR) is 95.7 cm³/mol. The molecule has 1 unspecified atom stereocenters. The van der Waals surface area contributed by atoms with Gasteiger partial charge in [-0.3, -0.25) is 9.69 Å². The number of ether oxygens (including phenoxy) is 1. The Kier molecular flexibility index (Phi) is 3.89. The van der Waals surface area contributed by atoms with Crippen LogP contribution in [-0.4, -0.2) is 16.7 Å². The van der Waals surface area contributed by atoms with Crippen molar-refractivity contribution in [2.24, 2.45) is 0 Å². The maximum absolute atomic E-state index is 12.9. The average Bonchev–Trinajstić information content (AvgIpc) is 3.10. The smallest absolute Gasteiger partial charge is 0.343 e. The molecule has 1 fully saturated rings. The van der Waals surface area contributed by atoms with Gasteiger partial charge in [0, 0.05) is 22.2 Å². The number of esters is 1. The summed E-state index contributed by atoms with van der Waals surface area (Å²) in [7, 11) is 0. The molecule has 0 aromatic heterocycles. The molecule has 4 rings (SSSR count). The van der Waals surface area contributed by atoms with Crippen molar-refractivity contribution in [3.8, 4) is 0 Å². The Labute approximate surface area is 152 Å². The van der Waals surface area contributed by atoms with Crippen molar-refractivity contribution < 1.29 is 14.3 Å². The van der Waals surface area contributed by atoms with Gasteiger partial charge in [0.05, 0.1) is 5.69 Å². The Balaban J connectivity index is 1.57. The maximum atomic E-state index is 12.9. The minimum atomic E-state index is -0.948. The van der Waals surface area contributed by atoms with Crippen molar-refractivity contribution in [2.45, 2.75) is 29.2 Å². The third kappa shape index (κ3) is 2.45. The molecule has 122 valence electrons. The zero-order valence-electron chi connectivity index (χ0n) is 12.7. The molecule has 1 amide bonds. The number of para-hydroxylation sites is 1. The lowest BCUT2D eigenvalue weighted by atomic mass is 10.2. The molecule has 0 saturated carbocycles. The summed E-state index contributed by atoms with van der Waals surface area (Å²) in [6.45, 7) is 0.201. The van der Waals surface area contributed by atoms with Crippen molar-refractivity contribution in [1.29, 1.82) is 0 Å². The summed E-state index contributed by atoms with van der Waals surface area (Å²) < 4.78 is 6.54. The first-order valence-electron chi connectivity index (χ1n) is 7.63. The molecule has 2 aromatic rings. The van der Waals surface area contributed by atoms with Crippen LogP contribution in [0.4, 0.5) is 5.69 Å². The summed E-state index contributed by atoms with van der Waals surface area (Å²) in [6, 6.07) is 15.3. The molecule has 0 N–H and O–H groups in total. The van der Waals surface area contributed by atoms with E-state index in [1.165, 1.54) is 11.8 Å². The number of rotatable bonds is 3. The monoisotopic (exact) mass is 403 g/mol. The molecule has 0 spiro atoms. The van der Waals surface area contributed by atoms with Crippen LogP contribution >= 0.6 is 27.7 Å². The summed E-state index contributed by atoms with van der Waals surface area (Å²) >= 11 is 4.81. The molecular weight excluding hydrogens is 390 g/mol. The molecule has 0 radical (unpaired) electrons. The third-order valence-electron chi connectivity index (χ3n) is 4.28. The van der Waals surface area contributed by atoms with Crippen LogP contribution in [-0.2, 0) is 20.9 Å². The van der Waals surface area contributed by atoms with Crippen molar-refractivity contribution >= 4 is 45.3 Å². The summed E-state index contributed by atoms with van der Waals surface area (Å²) in [5, 5.41) is 0. The largest absolute Gasteiger partial charge is 0.458 e. The number of thioether (sulfide) groups is 1. The number of carbonyl (C=O) groups excluding carboxylic acids is 2. The van der Waals surface area contributed by atoms with Gasteiger partial charge in [0.15, 0.2) is 4.87 Å². The van der Waals surface area contributed by atoms with Crippen LogP contribution in [0.5, 0.6) is 0 Å². The highest BCUT2D eigenvalue weighted by Crippen LogP contribution is 2.56. The Bertz CT molecular complexity index is 823. The molecule has 0 aliphatic carbocycles. The third-order valence-corrected chi connectivity index (χ3v) is 6.26. The van der Waals surface area contributed by atoms with Crippen LogP contribution in [0.3, 0.4) is 0 Å². The zero-order chi connectivity index (χ0) is 16.7. The van der Waals surface area contributed by atoms with Gasteiger partial charge in [0.2, 0.25) is 5.91 Å². The number of hydrogen-bond donors (Lipinski definition) is 0. The Morgan fingerprint density at radius 2 is 1.96 bits per heavy atom. The van der Waals surface area contributed by atoms with E-state index in [4.69, 9.17) is 4.74 Å². The van der Waals surface area contributed by atoms with Gasteiger partial charge in [-0.15, -0.1) is 0 Å². The minimum Gasteiger partial charge on any atom is -0.458 e. The summed E-state index contributed by atoms with van der Waals surface area (Å²) in [5.74, 6) is -0.370. The normalized spacial score (nSPS) is 21.5. The summed E-state index contributed by atoms with van der Waals surface area (Å²) in [4.78, 5) is 26.8. The second-order valence-electron chi connectivity index (χ2n) is 5.79. The first-order chi connectivity index (χ1) is 11.6. The summed E-state index contributed by atoms with van der Waals surface area (Å²) in [6.07, 6.45) is 0.846. The van der Waals surface area contributed by atoms with E-state index in [-0.39, 0.29) is 18.5 Å². The van der Waals surface area contributed by atoms with E-state index in [1.807, 2.05) is 48.5 Å². The van der Waals surface area contributed by atoms with Gasteiger partial charge >= 0.3 is 5.97 Å². The van der Waals surface area contributed by atoms with E-state index >= 15 is 0 Å². The topological polar surface area (TPSA) is 46.6 Å². The van der Waals surface area contributed by atoms with Crippen LogP contribution in [0, 0.1) is 0 Å². The molecule has 2 aliphatic heterocycles. The first-order valence-corrected chi connectivity index (χ1v) is 9.24. The number of anilines is 1. The van der Waals surface area contributed by atoms with Crippen molar-refractivity contribution in [1.82, 2.24) is 0 Å². The molecule has 24 heavy (non-hydrogen) atoms. The molecule has 2 aliphatic rings. The number of fused-ring (bicyclic) bond motifs is 3. The van der Waals surface area contributed by atoms with Gasteiger partial charge in [-0.1, -0.05) is 52.0 Å². The Morgan fingerprint density at radius 3 is 2.75 bits per heavy atom. The lowest BCUT2D eigenvalue weighted by Crippen LogP contribution is -2.47. The van der Waals surface area contributed by atoms with Gasteiger partial charge < -0.3 is 4.74 Å². The van der Waals surface area contributed by atoms with E-state index in [0.29, 0.717) is 12.8 Å². The van der Waals surface area contributed by atoms with Crippen molar-refractivity contribution in [3.05, 3.63) is 58.6 Å². The van der Waals surface area contributed by atoms with Gasteiger partial charge in [0.1, 0.15) is 6.61 Å². The minimum absolute atomic E-state index is 0.0203. The fourth-order valence-electron chi connectivity index (χ4n) is 3.11. The maximum Gasteiger partial charge on any atom is 0.343 e. The molecule has 4 nitrogen and oxygen atoms in total. The average molecular weight is 404 g/mol. The first kappa shape index (κ1) is 15.7. The predicted octanol–water partition coefficient (Wildman–Crippen LogP) is 4.12. The molecule has 0 bridgehead atoms. The molecular formula is C18H14BrNO3S. The van der Waals surface area contributed by atoms with Crippen LogP contribution in [0.2, 0.25) is 0 Å². The highest BCUT2D eigenvalue weighted by atomic mass is 79.9. The fraction of sp³-hybridized carbons (Fsp3) is 0.222. The van der Waals surface area contributed by atoms with Gasteiger partial charge in [-0.25, -0.2) is 4.79 Å². The van der Waals surface area contributed by atoms with E-state index in [1.54, 1.807) is 4.90 Å². The Hall–Kier alpha value is -1.79.